The van der Waals surface area contributed by atoms with Crippen LogP contribution >= 0.6 is 27.3 Å². The fourth-order valence-electron chi connectivity index (χ4n) is 4.67. The van der Waals surface area contributed by atoms with Gasteiger partial charge in [-0.1, -0.05) is 39.4 Å². The second-order valence-corrected chi connectivity index (χ2v) is 10.5. The number of benzene rings is 2. The minimum atomic E-state index is -0.124. The van der Waals surface area contributed by atoms with Gasteiger partial charge in [0.2, 0.25) is 16.7 Å². The topological polar surface area (TPSA) is 79.3 Å². The Labute approximate surface area is 220 Å². The van der Waals surface area contributed by atoms with Crippen LogP contribution in [0.3, 0.4) is 0 Å². The summed E-state index contributed by atoms with van der Waals surface area (Å²) in [7, 11) is 1.68. The van der Waals surface area contributed by atoms with Gasteiger partial charge in [0.05, 0.1) is 24.3 Å². The van der Waals surface area contributed by atoms with E-state index in [1.165, 1.54) is 21.5 Å². The van der Waals surface area contributed by atoms with Gasteiger partial charge < -0.3 is 19.2 Å². The fraction of sp³-hybridized carbons (Fsp3) is 0.231. The Balaban J connectivity index is 1.31. The summed E-state index contributed by atoms with van der Waals surface area (Å²) in [6.45, 7) is 3.43. The van der Waals surface area contributed by atoms with E-state index < -0.39 is 0 Å². The summed E-state index contributed by atoms with van der Waals surface area (Å²) in [5.74, 6) is 2.00. The van der Waals surface area contributed by atoms with Crippen molar-refractivity contribution >= 4 is 37.9 Å². The molecule has 36 heavy (non-hydrogen) atoms. The molecule has 1 aliphatic rings. The number of fused-ring (bicyclic) bond motifs is 1. The van der Waals surface area contributed by atoms with E-state index in [9.17, 15) is 5.11 Å². The van der Waals surface area contributed by atoms with E-state index in [1.807, 2.05) is 30.3 Å². The summed E-state index contributed by atoms with van der Waals surface area (Å²) in [5.41, 5.74) is 2.29. The number of rotatable bonds is 6. The Morgan fingerprint density at radius 1 is 1.06 bits per heavy atom. The number of furan rings is 1. The molecule has 1 fully saturated rings. The van der Waals surface area contributed by atoms with Gasteiger partial charge in [-0.15, -0.1) is 5.10 Å². The lowest BCUT2D eigenvalue weighted by Gasteiger charge is -2.40. The first-order valence-electron chi connectivity index (χ1n) is 11.6. The number of piperazine rings is 1. The Morgan fingerprint density at radius 3 is 2.53 bits per heavy atom. The highest BCUT2D eigenvalue weighted by Crippen LogP contribution is 2.41. The minimum Gasteiger partial charge on any atom is -0.497 e. The van der Waals surface area contributed by atoms with E-state index in [-0.39, 0.29) is 11.9 Å². The van der Waals surface area contributed by atoms with Crippen LogP contribution in [0.1, 0.15) is 16.5 Å². The second kappa shape index (κ2) is 9.61. The Hall–Kier alpha value is -3.34. The standard InChI is InChI=1S/C26H24BrN5O3S/c1-34-20-9-7-19(8-10-20)30-11-13-31(14-12-30)22(17-4-2-5-18(27)16-17)23-25(33)32-26(36-23)28-24(29-32)21-6-3-15-35-21/h2-10,15-16,22,33H,11-14H2,1H3/t22-/m0/s1. The minimum absolute atomic E-state index is 0.114. The zero-order valence-electron chi connectivity index (χ0n) is 19.5. The number of aromatic nitrogens is 3. The van der Waals surface area contributed by atoms with Gasteiger partial charge in [-0.25, -0.2) is 0 Å². The van der Waals surface area contributed by atoms with Gasteiger partial charge in [-0.05, 0) is 54.1 Å². The molecule has 2 aromatic carbocycles. The van der Waals surface area contributed by atoms with Crippen LogP contribution in [0.5, 0.6) is 11.6 Å². The second-order valence-electron chi connectivity index (χ2n) is 8.58. The molecule has 1 saturated heterocycles. The van der Waals surface area contributed by atoms with Crippen molar-refractivity contribution in [3.63, 3.8) is 0 Å². The summed E-state index contributed by atoms with van der Waals surface area (Å²) in [6, 6.07) is 19.9. The number of halogens is 1. The molecule has 8 nitrogen and oxygen atoms in total. The average molecular weight is 566 g/mol. The number of thiazole rings is 1. The predicted molar refractivity (Wildman–Crippen MR) is 143 cm³/mol. The lowest BCUT2D eigenvalue weighted by molar-refractivity contribution is 0.211. The molecule has 0 bridgehead atoms. The van der Waals surface area contributed by atoms with Gasteiger partial charge in [0.15, 0.2) is 5.76 Å². The van der Waals surface area contributed by atoms with Crippen molar-refractivity contribution in [1.29, 1.82) is 0 Å². The molecule has 0 radical (unpaired) electrons. The molecule has 0 unspecified atom stereocenters. The maximum atomic E-state index is 11.3. The third kappa shape index (κ3) is 4.25. The zero-order valence-corrected chi connectivity index (χ0v) is 21.9. The number of aromatic hydroxyl groups is 1. The molecule has 4 heterocycles. The molecule has 1 atom stereocenters. The largest absolute Gasteiger partial charge is 0.497 e. The van der Waals surface area contributed by atoms with Gasteiger partial charge in [0.25, 0.3) is 0 Å². The molecule has 0 spiro atoms. The fourth-order valence-corrected chi connectivity index (χ4v) is 6.21. The van der Waals surface area contributed by atoms with E-state index in [1.54, 1.807) is 19.4 Å². The molecule has 6 rings (SSSR count). The third-order valence-corrected chi connectivity index (χ3v) is 8.04. The lowest BCUT2D eigenvalue weighted by Crippen LogP contribution is -2.47. The summed E-state index contributed by atoms with van der Waals surface area (Å²) in [4.78, 5) is 10.9. The monoisotopic (exact) mass is 565 g/mol. The van der Waals surface area contributed by atoms with Crippen LogP contribution in [0, 0.1) is 0 Å². The van der Waals surface area contributed by atoms with Gasteiger partial charge in [0.1, 0.15) is 5.75 Å². The highest BCUT2D eigenvalue weighted by molar-refractivity contribution is 9.10. The van der Waals surface area contributed by atoms with Crippen molar-refractivity contribution in [2.75, 3.05) is 38.2 Å². The molecule has 1 aliphatic heterocycles. The predicted octanol–water partition coefficient (Wildman–Crippen LogP) is 5.44. The highest BCUT2D eigenvalue weighted by atomic mass is 79.9. The lowest BCUT2D eigenvalue weighted by atomic mass is 10.0. The third-order valence-electron chi connectivity index (χ3n) is 6.47. The van der Waals surface area contributed by atoms with Crippen LogP contribution in [0.2, 0.25) is 0 Å². The van der Waals surface area contributed by atoms with Crippen molar-refractivity contribution in [1.82, 2.24) is 19.5 Å². The maximum Gasteiger partial charge on any atom is 0.230 e. The van der Waals surface area contributed by atoms with E-state index >= 15 is 0 Å². The maximum absolute atomic E-state index is 11.3. The van der Waals surface area contributed by atoms with Crippen molar-refractivity contribution in [2.24, 2.45) is 0 Å². The Kier molecular flexibility index (Phi) is 6.16. The van der Waals surface area contributed by atoms with Crippen molar-refractivity contribution in [3.8, 4) is 23.2 Å². The van der Waals surface area contributed by atoms with Crippen LogP contribution in [-0.2, 0) is 0 Å². The molecule has 1 N–H and O–H groups in total. The van der Waals surface area contributed by atoms with Gasteiger partial charge >= 0.3 is 0 Å². The van der Waals surface area contributed by atoms with Crippen LogP contribution in [-0.4, -0.2) is 57.9 Å². The Bertz CT molecular complexity index is 1470. The van der Waals surface area contributed by atoms with E-state index in [0.29, 0.717) is 16.5 Å². The normalized spacial score (nSPS) is 15.4. The van der Waals surface area contributed by atoms with Gasteiger partial charge in [-0.2, -0.15) is 9.50 Å². The molecular weight excluding hydrogens is 542 g/mol. The summed E-state index contributed by atoms with van der Waals surface area (Å²) in [5, 5.41) is 15.8. The van der Waals surface area contributed by atoms with Crippen molar-refractivity contribution < 1.29 is 14.3 Å². The van der Waals surface area contributed by atoms with E-state index in [0.717, 1.165) is 46.8 Å². The number of anilines is 1. The van der Waals surface area contributed by atoms with Crippen molar-refractivity contribution in [2.45, 2.75) is 6.04 Å². The molecule has 0 saturated carbocycles. The summed E-state index contributed by atoms with van der Waals surface area (Å²) < 4.78 is 13.2. The first kappa shape index (κ1) is 23.1. The first-order valence-corrected chi connectivity index (χ1v) is 13.2. The average Bonchev–Trinajstić information content (AvgIpc) is 3.64. The number of hydrogen-bond acceptors (Lipinski definition) is 8. The number of hydrogen-bond donors (Lipinski definition) is 1. The number of ether oxygens (including phenoxy) is 1. The van der Waals surface area contributed by atoms with Crippen LogP contribution in [0.15, 0.2) is 75.8 Å². The SMILES string of the molecule is COc1ccc(N2CCN([C@@H](c3cccc(Br)c3)c3sc4nc(-c5ccco5)nn4c3O)CC2)cc1. The van der Waals surface area contributed by atoms with Crippen LogP contribution < -0.4 is 9.64 Å². The molecular formula is C26H24BrN5O3S. The smallest absolute Gasteiger partial charge is 0.230 e. The Morgan fingerprint density at radius 2 is 1.86 bits per heavy atom. The molecule has 3 aromatic heterocycles. The highest BCUT2D eigenvalue weighted by Gasteiger charge is 2.32. The number of nitrogens with zero attached hydrogens (tertiary/aromatic N) is 5. The summed E-state index contributed by atoms with van der Waals surface area (Å²) >= 11 is 5.08. The molecule has 184 valence electrons. The molecule has 5 aromatic rings. The molecule has 0 amide bonds. The van der Waals surface area contributed by atoms with Crippen LogP contribution in [0.25, 0.3) is 16.5 Å². The summed E-state index contributed by atoms with van der Waals surface area (Å²) in [6.07, 6.45) is 1.59. The molecule has 10 heteroatoms. The van der Waals surface area contributed by atoms with E-state index in [4.69, 9.17) is 9.15 Å². The van der Waals surface area contributed by atoms with E-state index in [2.05, 4.69) is 60.1 Å². The van der Waals surface area contributed by atoms with Gasteiger partial charge in [-0.3, -0.25) is 4.90 Å². The number of methoxy groups -OCH3 is 1. The molecule has 0 aliphatic carbocycles. The first-order chi connectivity index (χ1) is 17.6. The quantitative estimate of drug-likeness (QED) is 0.293. The zero-order chi connectivity index (χ0) is 24.6. The van der Waals surface area contributed by atoms with Gasteiger partial charge in [0, 0.05) is 36.3 Å². The van der Waals surface area contributed by atoms with Crippen LogP contribution in [0.4, 0.5) is 5.69 Å². The van der Waals surface area contributed by atoms with Crippen molar-refractivity contribution in [3.05, 3.63) is 81.8 Å².